The predicted molar refractivity (Wildman–Crippen MR) is 108 cm³/mol. The average Bonchev–Trinajstić information content (AvgIpc) is 3.37. The number of hydrogen-bond acceptors (Lipinski definition) is 7. The predicted octanol–water partition coefficient (Wildman–Crippen LogP) is 1.65. The van der Waals surface area contributed by atoms with Crippen LogP contribution in [0.3, 0.4) is 0 Å². The van der Waals surface area contributed by atoms with E-state index in [1.54, 1.807) is 46.4 Å². The number of rotatable bonds is 4. The normalized spacial score (nSPS) is 16.6. The van der Waals surface area contributed by atoms with Gasteiger partial charge in [0.2, 0.25) is 0 Å². The molecule has 1 aliphatic heterocycles. The Bertz CT molecular complexity index is 1220. The Morgan fingerprint density at radius 1 is 1.17 bits per heavy atom. The number of aryl methyl sites for hydroxylation is 1. The van der Waals surface area contributed by atoms with E-state index < -0.39 is 0 Å². The molecule has 1 unspecified atom stereocenters. The Morgan fingerprint density at radius 3 is 2.97 bits per heavy atom. The first-order valence-electron chi connectivity index (χ1n) is 9.58. The largest absolute Gasteiger partial charge is 0.351 e. The Balaban J connectivity index is 1.48. The SMILES string of the molecule is Cn1ncc2c(N3CCCC3Cn3nc(-c4cccnc4)ccc3=O)ncnc21. The monoisotopic (exact) mass is 388 g/mol. The van der Waals surface area contributed by atoms with Crippen LogP contribution >= 0.6 is 0 Å². The lowest BCUT2D eigenvalue weighted by Crippen LogP contribution is -2.37. The van der Waals surface area contributed by atoms with Gasteiger partial charge in [0.15, 0.2) is 5.65 Å². The van der Waals surface area contributed by atoms with E-state index >= 15 is 0 Å². The Labute approximate surface area is 166 Å². The van der Waals surface area contributed by atoms with Crippen LogP contribution in [0, 0.1) is 0 Å². The molecule has 4 aromatic heterocycles. The fourth-order valence-corrected chi connectivity index (χ4v) is 3.93. The minimum absolute atomic E-state index is 0.112. The molecule has 5 heterocycles. The number of hydrogen-bond donors (Lipinski definition) is 0. The molecule has 4 aromatic rings. The number of aromatic nitrogens is 7. The Morgan fingerprint density at radius 2 is 2.10 bits per heavy atom. The van der Waals surface area contributed by atoms with Gasteiger partial charge < -0.3 is 4.90 Å². The van der Waals surface area contributed by atoms with Crippen molar-refractivity contribution in [2.75, 3.05) is 11.4 Å². The van der Waals surface area contributed by atoms with Gasteiger partial charge in [0.05, 0.1) is 29.9 Å². The second kappa shape index (κ2) is 7.08. The van der Waals surface area contributed by atoms with Crippen molar-refractivity contribution in [3.63, 3.8) is 0 Å². The summed E-state index contributed by atoms with van der Waals surface area (Å²) in [4.78, 5) is 27.7. The maximum absolute atomic E-state index is 12.5. The third-order valence-electron chi connectivity index (χ3n) is 5.37. The highest BCUT2D eigenvalue weighted by atomic mass is 16.1. The van der Waals surface area contributed by atoms with Crippen molar-refractivity contribution >= 4 is 16.9 Å². The maximum atomic E-state index is 12.5. The molecule has 146 valence electrons. The van der Waals surface area contributed by atoms with E-state index in [1.807, 2.05) is 19.2 Å². The molecule has 0 aromatic carbocycles. The van der Waals surface area contributed by atoms with Gasteiger partial charge in [0, 0.05) is 37.6 Å². The van der Waals surface area contributed by atoms with Gasteiger partial charge in [-0.2, -0.15) is 10.2 Å². The van der Waals surface area contributed by atoms with Gasteiger partial charge in [-0.05, 0) is 31.0 Å². The quantitative estimate of drug-likeness (QED) is 0.525. The zero-order chi connectivity index (χ0) is 19.8. The van der Waals surface area contributed by atoms with Crippen molar-refractivity contribution in [1.29, 1.82) is 0 Å². The topological polar surface area (TPSA) is 94.6 Å². The van der Waals surface area contributed by atoms with E-state index in [1.165, 1.54) is 0 Å². The minimum Gasteiger partial charge on any atom is -0.351 e. The molecule has 0 spiro atoms. The van der Waals surface area contributed by atoms with E-state index in [0.717, 1.165) is 47.5 Å². The van der Waals surface area contributed by atoms with Gasteiger partial charge in [-0.3, -0.25) is 14.5 Å². The molecule has 29 heavy (non-hydrogen) atoms. The summed E-state index contributed by atoms with van der Waals surface area (Å²) in [5, 5.41) is 9.82. The van der Waals surface area contributed by atoms with Crippen LogP contribution in [0.2, 0.25) is 0 Å². The molecule has 0 radical (unpaired) electrons. The summed E-state index contributed by atoms with van der Waals surface area (Å²) in [6, 6.07) is 7.23. The standard InChI is InChI=1S/C20H20N8O/c1-26-19-16(11-24-26)20(23-13-22-19)27-9-3-5-15(27)12-28-18(29)7-6-17(25-28)14-4-2-8-21-10-14/h2,4,6-8,10-11,13,15H,3,5,9,12H2,1H3. The summed E-state index contributed by atoms with van der Waals surface area (Å²) in [6.45, 7) is 1.38. The molecule has 0 bridgehead atoms. The smallest absolute Gasteiger partial charge is 0.266 e. The fourth-order valence-electron chi connectivity index (χ4n) is 3.93. The molecule has 0 saturated carbocycles. The Kier molecular flexibility index (Phi) is 4.27. The molecule has 1 fully saturated rings. The summed E-state index contributed by atoms with van der Waals surface area (Å²) in [7, 11) is 1.87. The molecule has 9 nitrogen and oxygen atoms in total. The van der Waals surface area contributed by atoms with Crippen LogP contribution in [0.5, 0.6) is 0 Å². The van der Waals surface area contributed by atoms with E-state index in [2.05, 4.69) is 30.0 Å². The highest BCUT2D eigenvalue weighted by Crippen LogP contribution is 2.29. The highest BCUT2D eigenvalue weighted by Gasteiger charge is 2.28. The van der Waals surface area contributed by atoms with Crippen molar-refractivity contribution in [2.24, 2.45) is 7.05 Å². The first-order valence-corrected chi connectivity index (χ1v) is 9.58. The van der Waals surface area contributed by atoms with Crippen LogP contribution in [-0.2, 0) is 13.6 Å². The van der Waals surface area contributed by atoms with E-state index in [0.29, 0.717) is 6.54 Å². The van der Waals surface area contributed by atoms with Crippen LogP contribution in [0.25, 0.3) is 22.3 Å². The van der Waals surface area contributed by atoms with Crippen molar-refractivity contribution in [1.82, 2.24) is 34.5 Å². The molecule has 0 aliphatic carbocycles. The molecule has 0 amide bonds. The molecule has 1 atom stereocenters. The van der Waals surface area contributed by atoms with E-state index in [9.17, 15) is 4.79 Å². The average molecular weight is 388 g/mol. The van der Waals surface area contributed by atoms with Gasteiger partial charge >= 0.3 is 0 Å². The maximum Gasteiger partial charge on any atom is 0.266 e. The second-order valence-electron chi connectivity index (χ2n) is 7.17. The van der Waals surface area contributed by atoms with Crippen molar-refractivity contribution < 1.29 is 0 Å². The fraction of sp³-hybridized carbons (Fsp3) is 0.300. The first-order chi connectivity index (χ1) is 14.2. The van der Waals surface area contributed by atoms with Crippen LogP contribution in [0.15, 0.2) is 54.0 Å². The molecule has 0 N–H and O–H groups in total. The first kappa shape index (κ1) is 17.5. The number of nitrogens with zero attached hydrogens (tertiary/aromatic N) is 8. The highest BCUT2D eigenvalue weighted by molar-refractivity contribution is 5.86. The lowest BCUT2D eigenvalue weighted by Gasteiger charge is -2.26. The van der Waals surface area contributed by atoms with Gasteiger partial charge in [-0.1, -0.05) is 0 Å². The number of fused-ring (bicyclic) bond motifs is 1. The summed E-state index contributed by atoms with van der Waals surface area (Å²) in [5.74, 6) is 0.863. The summed E-state index contributed by atoms with van der Waals surface area (Å²) >= 11 is 0. The summed E-state index contributed by atoms with van der Waals surface area (Å²) in [5.41, 5.74) is 2.31. The van der Waals surface area contributed by atoms with Gasteiger partial charge in [0.25, 0.3) is 5.56 Å². The molecule has 5 rings (SSSR count). The van der Waals surface area contributed by atoms with Crippen LogP contribution in [0.4, 0.5) is 5.82 Å². The Hall–Kier alpha value is -3.62. The van der Waals surface area contributed by atoms with Crippen LogP contribution in [-0.4, -0.2) is 47.1 Å². The van der Waals surface area contributed by atoms with Crippen molar-refractivity contribution in [2.45, 2.75) is 25.4 Å². The lowest BCUT2D eigenvalue weighted by atomic mass is 10.2. The molecule has 9 heteroatoms. The zero-order valence-electron chi connectivity index (χ0n) is 16.0. The van der Waals surface area contributed by atoms with Gasteiger partial charge in [-0.25, -0.2) is 14.6 Å². The van der Waals surface area contributed by atoms with Gasteiger partial charge in [-0.15, -0.1) is 0 Å². The minimum atomic E-state index is -0.112. The summed E-state index contributed by atoms with van der Waals surface area (Å²) in [6.07, 6.45) is 8.84. The second-order valence-corrected chi connectivity index (χ2v) is 7.17. The molecular formula is C20H20N8O. The van der Waals surface area contributed by atoms with E-state index in [4.69, 9.17) is 0 Å². The zero-order valence-corrected chi connectivity index (χ0v) is 16.0. The molecular weight excluding hydrogens is 368 g/mol. The molecule has 1 aliphatic rings. The molecule has 1 saturated heterocycles. The third kappa shape index (κ3) is 3.14. The lowest BCUT2D eigenvalue weighted by molar-refractivity contribution is 0.489. The third-order valence-corrected chi connectivity index (χ3v) is 5.37. The van der Waals surface area contributed by atoms with Crippen molar-refractivity contribution in [3.8, 4) is 11.3 Å². The number of anilines is 1. The van der Waals surface area contributed by atoms with Crippen molar-refractivity contribution in [3.05, 3.63) is 59.5 Å². The van der Waals surface area contributed by atoms with Crippen LogP contribution < -0.4 is 10.5 Å². The van der Waals surface area contributed by atoms with Crippen LogP contribution in [0.1, 0.15) is 12.8 Å². The number of pyridine rings is 1. The van der Waals surface area contributed by atoms with Gasteiger partial charge in [0.1, 0.15) is 12.1 Å². The summed E-state index contributed by atoms with van der Waals surface area (Å²) < 4.78 is 3.29. The van der Waals surface area contributed by atoms with E-state index in [-0.39, 0.29) is 11.6 Å².